The van der Waals surface area contributed by atoms with Crippen LogP contribution >= 0.6 is 0 Å². The third-order valence-corrected chi connectivity index (χ3v) is 5.61. The lowest BCUT2D eigenvalue weighted by Gasteiger charge is -2.11. The lowest BCUT2D eigenvalue weighted by Crippen LogP contribution is -2.14. The van der Waals surface area contributed by atoms with Crippen LogP contribution in [0.25, 0.3) is 11.0 Å². The molecule has 24 heavy (non-hydrogen) atoms. The summed E-state index contributed by atoms with van der Waals surface area (Å²) < 4.78 is 30.0. The number of fused-ring (bicyclic) bond motifs is 1. The van der Waals surface area contributed by atoms with E-state index in [-0.39, 0.29) is 10.9 Å². The Kier molecular flexibility index (Phi) is 3.87. The fourth-order valence-corrected chi connectivity index (χ4v) is 4.50. The smallest absolute Gasteiger partial charge is 0.265 e. The molecule has 0 saturated heterocycles. The molecule has 3 rings (SSSR count). The van der Waals surface area contributed by atoms with Crippen LogP contribution in [0.3, 0.4) is 0 Å². The number of rotatable bonds is 4. The summed E-state index contributed by atoms with van der Waals surface area (Å²) in [5.74, 6) is 0.904. The zero-order valence-corrected chi connectivity index (χ0v) is 15.2. The van der Waals surface area contributed by atoms with Crippen molar-refractivity contribution in [1.82, 2.24) is 19.7 Å². The molecule has 0 aliphatic carbocycles. The van der Waals surface area contributed by atoms with Gasteiger partial charge in [-0.15, -0.1) is 0 Å². The summed E-state index contributed by atoms with van der Waals surface area (Å²) in [5, 5.41) is 6.65. The van der Waals surface area contributed by atoms with E-state index in [4.69, 9.17) is 0 Å². The van der Waals surface area contributed by atoms with Gasteiger partial charge >= 0.3 is 0 Å². The minimum absolute atomic E-state index is 0.187. The first-order valence-electron chi connectivity index (χ1n) is 7.73. The Morgan fingerprint density at radius 2 is 1.92 bits per heavy atom. The third-order valence-electron chi connectivity index (χ3n) is 3.96. The molecule has 0 fully saturated rings. The van der Waals surface area contributed by atoms with Crippen LogP contribution < -0.4 is 4.72 Å². The van der Waals surface area contributed by atoms with Gasteiger partial charge < -0.3 is 4.57 Å². The normalized spacial score (nSPS) is 12.2. The Hall–Kier alpha value is -2.35. The van der Waals surface area contributed by atoms with Crippen molar-refractivity contribution in [3.8, 4) is 0 Å². The molecule has 0 atom stereocenters. The number of H-pyrrole nitrogens is 1. The summed E-state index contributed by atoms with van der Waals surface area (Å²) in [6.07, 6.45) is 0. The van der Waals surface area contributed by atoms with Gasteiger partial charge in [0.1, 0.15) is 10.7 Å². The Morgan fingerprint density at radius 3 is 2.50 bits per heavy atom. The monoisotopic (exact) mass is 347 g/mol. The van der Waals surface area contributed by atoms with Crippen molar-refractivity contribution in [2.45, 2.75) is 45.6 Å². The zero-order valence-electron chi connectivity index (χ0n) is 14.4. The first kappa shape index (κ1) is 16.5. The molecule has 3 aromatic rings. The largest absolute Gasteiger partial charge is 0.326 e. The van der Waals surface area contributed by atoms with Gasteiger partial charge in [0, 0.05) is 6.04 Å². The summed E-state index contributed by atoms with van der Waals surface area (Å²) in [5.41, 5.74) is 3.20. The molecular weight excluding hydrogens is 326 g/mol. The molecule has 128 valence electrons. The van der Waals surface area contributed by atoms with Gasteiger partial charge in [-0.2, -0.15) is 5.10 Å². The molecule has 0 amide bonds. The quantitative estimate of drug-likeness (QED) is 0.758. The maximum Gasteiger partial charge on any atom is 0.265 e. The van der Waals surface area contributed by atoms with Crippen molar-refractivity contribution in [3.05, 3.63) is 35.4 Å². The Balaban J connectivity index is 2.02. The van der Waals surface area contributed by atoms with Gasteiger partial charge in [0.05, 0.1) is 28.1 Å². The molecule has 0 bridgehead atoms. The second-order valence-corrected chi connectivity index (χ2v) is 7.81. The van der Waals surface area contributed by atoms with Crippen LogP contribution in [0.15, 0.2) is 23.1 Å². The maximum absolute atomic E-state index is 12.6. The van der Waals surface area contributed by atoms with E-state index >= 15 is 0 Å². The highest BCUT2D eigenvalue weighted by Crippen LogP contribution is 2.26. The Labute approximate surface area is 141 Å². The number of nitrogens with zero attached hydrogens (tertiary/aromatic N) is 3. The van der Waals surface area contributed by atoms with Gasteiger partial charge in [0.15, 0.2) is 0 Å². The number of imidazole rings is 1. The molecule has 2 aromatic heterocycles. The second kappa shape index (κ2) is 5.62. The van der Waals surface area contributed by atoms with Gasteiger partial charge in [-0.25, -0.2) is 13.4 Å². The summed E-state index contributed by atoms with van der Waals surface area (Å²) in [6.45, 7) is 9.48. The number of hydrogen-bond acceptors (Lipinski definition) is 4. The van der Waals surface area contributed by atoms with E-state index in [0.717, 1.165) is 16.9 Å². The molecule has 0 saturated carbocycles. The molecule has 0 radical (unpaired) electrons. The van der Waals surface area contributed by atoms with E-state index in [0.29, 0.717) is 17.1 Å². The van der Waals surface area contributed by atoms with E-state index in [1.165, 1.54) is 0 Å². The fourth-order valence-electron chi connectivity index (χ4n) is 3.08. The average Bonchev–Trinajstić information content (AvgIpc) is 2.96. The number of hydrogen-bond donors (Lipinski definition) is 2. The van der Waals surface area contributed by atoms with E-state index in [2.05, 4.69) is 38.3 Å². The van der Waals surface area contributed by atoms with Crippen molar-refractivity contribution >= 4 is 26.7 Å². The highest BCUT2D eigenvalue weighted by Gasteiger charge is 2.22. The average molecular weight is 347 g/mol. The van der Waals surface area contributed by atoms with E-state index in [1.54, 1.807) is 26.0 Å². The van der Waals surface area contributed by atoms with Crippen LogP contribution in [0.1, 0.15) is 37.1 Å². The van der Waals surface area contributed by atoms with Crippen molar-refractivity contribution in [1.29, 1.82) is 0 Å². The minimum atomic E-state index is -3.70. The predicted molar refractivity (Wildman–Crippen MR) is 93.7 cm³/mol. The summed E-state index contributed by atoms with van der Waals surface area (Å²) in [6, 6.07) is 5.69. The number of aromatic amines is 1. The first-order valence-corrected chi connectivity index (χ1v) is 9.22. The first-order chi connectivity index (χ1) is 11.2. The molecule has 2 N–H and O–H groups in total. The number of aromatic nitrogens is 4. The van der Waals surface area contributed by atoms with Gasteiger partial charge in [-0.3, -0.25) is 9.82 Å². The Morgan fingerprint density at radius 1 is 1.21 bits per heavy atom. The van der Waals surface area contributed by atoms with Gasteiger partial charge in [0.25, 0.3) is 10.0 Å². The molecule has 7 nitrogen and oxygen atoms in total. The van der Waals surface area contributed by atoms with Gasteiger partial charge in [-0.05, 0) is 52.8 Å². The number of aryl methyl sites for hydroxylation is 3. The molecule has 0 aliphatic rings. The topological polar surface area (TPSA) is 92.7 Å². The number of benzene rings is 1. The molecular formula is C16H21N5O2S. The lowest BCUT2D eigenvalue weighted by atomic mass is 10.2. The van der Waals surface area contributed by atoms with Crippen molar-refractivity contribution in [2.75, 3.05) is 4.72 Å². The predicted octanol–water partition coefficient (Wildman–Crippen LogP) is 3.07. The van der Waals surface area contributed by atoms with Crippen LogP contribution in [0, 0.1) is 20.8 Å². The summed E-state index contributed by atoms with van der Waals surface area (Å²) in [7, 11) is -3.70. The maximum atomic E-state index is 12.6. The van der Waals surface area contributed by atoms with Crippen molar-refractivity contribution in [3.63, 3.8) is 0 Å². The van der Waals surface area contributed by atoms with Crippen molar-refractivity contribution < 1.29 is 8.42 Å². The summed E-state index contributed by atoms with van der Waals surface area (Å²) in [4.78, 5) is 4.72. The molecule has 2 heterocycles. The molecule has 0 unspecified atom stereocenters. The van der Waals surface area contributed by atoms with E-state index in [9.17, 15) is 8.42 Å². The van der Waals surface area contributed by atoms with E-state index in [1.807, 2.05) is 13.0 Å². The lowest BCUT2D eigenvalue weighted by molar-refractivity contribution is 0.599. The second-order valence-electron chi connectivity index (χ2n) is 6.19. The Bertz CT molecular complexity index is 995. The molecule has 0 aliphatic heterocycles. The number of sulfonamides is 1. The molecule has 1 aromatic carbocycles. The van der Waals surface area contributed by atoms with Crippen LogP contribution in [0.5, 0.6) is 0 Å². The third kappa shape index (κ3) is 2.66. The molecule has 8 heteroatoms. The zero-order chi connectivity index (χ0) is 17.6. The number of nitrogens with one attached hydrogen (secondary N) is 2. The highest BCUT2D eigenvalue weighted by molar-refractivity contribution is 7.92. The summed E-state index contributed by atoms with van der Waals surface area (Å²) >= 11 is 0. The highest BCUT2D eigenvalue weighted by atomic mass is 32.2. The SMILES string of the molecule is Cc1n[nH]c(C)c1S(=O)(=O)Nc1ccc2c(c1)nc(C)n2C(C)C. The minimum Gasteiger partial charge on any atom is -0.326 e. The van der Waals surface area contributed by atoms with Gasteiger partial charge in [0.2, 0.25) is 0 Å². The standard InChI is InChI=1S/C16H21N5O2S/c1-9(2)21-12(5)17-14-8-13(6-7-15(14)21)20-24(22,23)16-10(3)18-19-11(16)4/h6-9,20H,1-5H3,(H,18,19). The fraction of sp³-hybridized carbons (Fsp3) is 0.375. The van der Waals surface area contributed by atoms with Crippen LogP contribution in [0.4, 0.5) is 5.69 Å². The van der Waals surface area contributed by atoms with E-state index < -0.39 is 10.0 Å². The number of anilines is 1. The molecule has 0 spiro atoms. The van der Waals surface area contributed by atoms with Crippen LogP contribution in [-0.4, -0.2) is 28.2 Å². The van der Waals surface area contributed by atoms with Crippen LogP contribution in [-0.2, 0) is 10.0 Å². The van der Waals surface area contributed by atoms with Gasteiger partial charge in [-0.1, -0.05) is 0 Å². The van der Waals surface area contributed by atoms with Crippen LogP contribution in [0.2, 0.25) is 0 Å². The van der Waals surface area contributed by atoms with Crippen molar-refractivity contribution in [2.24, 2.45) is 0 Å².